The Labute approximate surface area is 236 Å². The fraction of sp³-hybridized carbons (Fsp3) is 0.923. The first-order chi connectivity index (χ1) is 19.4. The molecule has 0 aromatic rings. The van der Waals surface area contributed by atoms with Gasteiger partial charge in [-0.25, -0.2) is 0 Å². The van der Waals surface area contributed by atoms with Crippen LogP contribution < -0.4 is 0 Å². The van der Waals surface area contributed by atoms with Crippen LogP contribution in [0.2, 0.25) is 0 Å². The van der Waals surface area contributed by atoms with Crippen molar-refractivity contribution in [3.63, 3.8) is 0 Å². The van der Waals surface area contributed by atoms with Gasteiger partial charge in [-0.05, 0) is 19.3 Å². The Bertz CT molecular complexity index is 875. The van der Waals surface area contributed by atoms with E-state index >= 15 is 0 Å². The van der Waals surface area contributed by atoms with Gasteiger partial charge in [0.1, 0.15) is 49.7 Å². The monoisotopic (exact) mass is 595 g/mol. The summed E-state index contributed by atoms with van der Waals surface area (Å²) in [4.78, 5) is 22.5. The molecule has 15 nitrogen and oxygen atoms in total. The lowest BCUT2D eigenvalue weighted by Crippen LogP contribution is -2.63. The zero-order valence-corrected chi connectivity index (χ0v) is 23.0. The zero-order chi connectivity index (χ0) is 30.0. The summed E-state index contributed by atoms with van der Waals surface area (Å²) in [6.45, 7) is -0.595. The second kappa shape index (κ2) is 13.9. The first kappa shape index (κ1) is 32.4. The maximum absolute atomic E-state index is 11.7. The second-order valence-corrected chi connectivity index (χ2v) is 11.5. The average molecular weight is 596 g/mol. The number of carbonyl (C=O) groups is 2. The fourth-order valence-corrected chi connectivity index (χ4v) is 6.68. The number of esters is 1. The number of aliphatic carboxylic acids is 1. The first-order valence-electron chi connectivity index (χ1n) is 14.0. The number of methoxy groups -OCH3 is 2. The molecule has 0 aromatic heterocycles. The van der Waals surface area contributed by atoms with Gasteiger partial charge in [0.05, 0.1) is 30.3 Å². The summed E-state index contributed by atoms with van der Waals surface area (Å²) in [6, 6.07) is 0. The summed E-state index contributed by atoms with van der Waals surface area (Å²) in [5.41, 5.74) is 0. The lowest BCUT2D eigenvalue weighted by Gasteiger charge is -2.49. The van der Waals surface area contributed by atoms with Gasteiger partial charge in [-0.15, -0.1) is 0 Å². The highest BCUT2D eigenvalue weighted by molar-refractivity contribution is 5.90. The third kappa shape index (κ3) is 7.36. The molecule has 0 aromatic carbocycles. The first-order valence-corrected chi connectivity index (χ1v) is 14.0. The van der Waals surface area contributed by atoms with Gasteiger partial charge in [0.2, 0.25) is 0 Å². The molecule has 8 unspecified atom stereocenters. The van der Waals surface area contributed by atoms with Gasteiger partial charge in [0.25, 0.3) is 0 Å². The van der Waals surface area contributed by atoms with Crippen LogP contribution in [0.5, 0.6) is 0 Å². The van der Waals surface area contributed by atoms with Gasteiger partial charge in [-0.1, -0.05) is 0 Å². The van der Waals surface area contributed by atoms with E-state index in [2.05, 4.69) is 0 Å². The molecule has 2 heterocycles. The van der Waals surface area contributed by atoms with E-state index < -0.39 is 98.4 Å². The van der Waals surface area contributed by atoms with E-state index in [1.165, 1.54) is 14.2 Å². The summed E-state index contributed by atoms with van der Waals surface area (Å²) in [5.74, 6) is -3.05. The number of hydrogen-bond donors (Lipinski definition) is 7. The molecule has 236 valence electrons. The average Bonchev–Trinajstić information content (AvgIpc) is 2.92. The van der Waals surface area contributed by atoms with Crippen LogP contribution in [0.4, 0.5) is 0 Å². The molecule has 4 aliphatic rings. The Kier molecular flexibility index (Phi) is 11.0. The summed E-state index contributed by atoms with van der Waals surface area (Å²) < 4.78 is 32.8. The van der Waals surface area contributed by atoms with Crippen LogP contribution in [0.3, 0.4) is 0 Å². The molecule has 2 aliphatic heterocycles. The molecule has 4 fully saturated rings. The van der Waals surface area contributed by atoms with E-state index in [1.807, 2.05) is 0 Å². The lowest BCUT2D eigenvalue weighted by atomic mass is 9.72. The van der Waals surface area contributed by atoms with Crippen LogP contribution in [-0.2, 0) is 33.3 Å². The maximum Gasteiger partial charge on any atom is 0.317 e. The van der Waals surface area contributed by atoms with Crippen LogP contribution >= 0.6 is 0 Å². The predicted molar refractivity (Wildman–Crippen MR) is 134 cm³/mol. The van der Waals surface area contributed by atoms with E-state index in [-0.39, 0.29) is 30.8 Å². The number of rotatable bonds is 9. The molecule has 0 amide bonds. The molecule has 0 bridgehead atoms. The smallest absolute Gasteiger partial charge is 0.317 e. The van der Waals surface area contributed by atoms with Crippen molar-refractivity contribution in [1.82, 2.24) is 0 Å². The Morgan fingerprint density at radius 3 is 2.10 bits per heavy atom. The minimum Gasteiger partial charge on any atom is -0.481 e. The summed E-state index contributed by atoms with van der Waals surface area (Å²) in [6.07, 6.45) is -12.4. The topological polar surface area (TPSA) is 235 Å². The molecule has 4 rings (SSSR count). The molecular formula is C26H43O15+. The normalized spacial score (nSPS) is 46.9. The highest BCUT2D eigenvalue weighted by atomic mass is 16.7. The molecule has 2 aliphatic carbocycles. The summed E-state index contributed by atoms with van der Waals surface area (Å²) in [7, 11) is 2.97. The van der Waals surface area contributed by atoms with Crippen molar-refractivity contribution in [2.75, 3.05) is 20.8 Å². The van der Waals surface area contributed by atoms with Gasteiger partial charge < -0.3 is 64.2 Å². The number of hydrogen-bond acceptors (Lipinski definition) is 13. The van der Waals surface area contributed by atoms with Crippen molar-refractivity contribution in [3.05, 3.63) is 0 Å². The highest BCUT2D eigenvalue weighted by Crippen LogP contribution is 2.42. The van der Waals surface area contributed by atoms with Crippen LogP contribution in [0.1, 0.15) is 38.5 Å². The molecule has 2 saturated heterocycles. The Morgan fingerprint density at radius 2 is 1.49 bits per heavy atom. The Hall–Kier alpha value is -1.50. The van der Waals surface area contributed by atoms with Crippen molar-refractivity contribution in [3.8, 4) is 0 Å². The molecule has 2 saturated carbocycles. The third-order valence-corrected chi connectivity index (χ3v) is 8.87. The fourth-order valence-electron chi connectivity index (χ4n) is 6.68. The van der Waals surface area contributed by atoms with E-state index in [4.69, 9.17) is 33.5 Å². The van der Waals surface area contributed by atoms with Crippen molar-refractivity contribution < 1.29 is 73.8 Å². The molecule has 0 spiro atoms. The number of fused-ring (bicyclic) bond motifs is 1. The molecule has 13 atom stereocenters. The van der Waals surface area contributed by atoms with Crippen LogP contribution in [-0.4, -0.2) is 153 Å². The summed E-state index contributed by atoms with van der Waals surface area (Å²) in [5, 5.41) is 72.1. The third-order valence-electron chi connectivity index (χ3n) is 8.87. The zero-order valence-electron chi connectivity index (χ0n) is 23.0. The van der Waals surface area contributed by atoms with Crippen molar-refractivity contribution >= 4 is 11.9 Å². The quantitative estimate of drug-likeness (QED) is 0.0790. The van der Waals surface area contributed by atoms with Crippen molar-refractivity contribution in [1.29, 1.82) is 0 Å². The van der Waals surface area contributed by atoms with Crippen molar-refractivity contribution in [2.24, 2.45) is 11.8 Å². The van der Waals surface area contributed by atoms with Gasteiger partial charge in [0.15, 0.2) is 18.5 Å². The van der Waals surface area contributed by atoms with Crippen LogP contribution in [0.25, 0.3) is 0 Å². The number of carbonyl (C=O) groups excluding carboxylic acids is 1. The minimum atomic E-state index is -1.74. The predicted octanol–water partition coefficient (Wildman–Crippen LogP) is -3.20. The number of carboxylic acid groups (broad SMARTS) is 1. The SMILES string of the molecule is COC1CC(C2[OH+]C3CC(O)CC(O)C3CC2O[C@@H]2O[C@H](COC(=O)CC(=O)O)[C@@H](O)[C@H](O)[C@H]2O)CC(OC)C1O. The number of aliphatic hydroxyl groups excluding tert-OH is 6. The van der Waals surface area contributed by atoms with E-state index in [0.29, 0.717) is 19.3 Å². The largest absolute Gasteiger partial charge is 0.481 e. The number of ether oxygens (including phenoxy) is 6. The Balaban J connectivity index is 1.54. The van der Waals surface area contributed by atoms with Gasteiger partial charge >= 0.3 is 11.9 Å². The number of aliphatic hydroxyl groups is 8. The van der Waals surface area contributed by atoms with Crippen LogP contribution in [0.15, 0.2) is 0 Å². The van der Waals surface area contributed by atoms with E-state index in [9.17, 15) is 40.2 Å². The lowest BCUT2D eigenvalue weighted by molar-refractivity contribution is -0.357. The van der Waals surface area contributed by atoms with Crippen molar-refractivity contribution in [2.45, 2.75) is 118 Å². The maximum atomic E-state index is 11.7. The standard InChI is InChI=1S/C26H42O15/c1-36-15-3-10(4-16(37-2)21(15)32)25-17(7-12-13(28)5-11(27)6-14(12)39-25)40-26-24(35)23(34)22(33)18(41-26)9-38-20(31)8-19(29)30/h10-18,21-28,32-35H,3-9H2,1-2H3,(H,29,30)/p+1/t10?,11?,12?,13?,14?,15?,16?,17?,18-,21?,22-,23+,24-,25?,26-/m1/s1. The molecule has 0 radical (unpaired) electrons. The molecule has 8 N–H and O–H groups in total. The van der Waals surface area contributed by atoms with Crippen LogP contribution in [0, 0.1) is 11.8 Å². The van der Waals surface area contributed by atoms with E-state index in [1.54, 1.807) is 0 Å². The minimum absolute atomic E-state index is 0.179. The summed E-state index contributed by atoms with van der Waals surface area (Å²) >= 11 is 0. The Morgan fingerprint density at radius 1 is 0.829 bits per heavy atom. The van der Waals surface area contributed by atoms with Gasteiger partial charge in [0, 0.05) is 33.0 Å². The second-order valence-electron chi connectivity index (χ2n) is 11.5. The molecular weight excluding hydrogens is 552 g/mol. The number of carboxylic acids is 1. The van der Waals surface area contributed by atoms with E-state index in [0.717, 1.165) is 0 Å². The van der Waals surface area contributed by atoms with Gasteiger partial charge in [-0.2, -0.15) is 0 Å². The molecule has 15 heteroatoms. The molecule has 41 heavy (non-hydrogen) atoms. The van der Waals surface area contributed by atoms with Gasteiger partial charge in [-0.3, -0.25) is 9.59 Å². The highest BCUT2D eigenvalue weighted by Gasteiger charge is 2.56.